The van der Waals surface area contributed by atoms with Crippen molar-refractivity contribution in [2.75, 3.05) is 30.0 Å². The molecule has 3 aromatic rings. The van der Waals surface area contributed by atoms with Crippen molar-refractivity contribution < 1.29 is 19.4 Å². The average molecular weight is 403 g/mol. The number of hydrogen-bond donors (Lipinski definition) is 4. The Morgan fingerprint density at radius 2 is 1.60 bits per heavy atom. The Labute approximate surface area is 173 Å². The summed E-state index contributed by atoms with van der Waals surface area (Å²) in [7, 11) is 1.63. The number of fused-ring (bicyclic) bond motifs is 3. The van der Waals surface area contributed by atoms with Crippen LogP contribution < -0.4 is 16.4 Å². The quantitative estimate of drug-likeness (QED) is 0.471. The molecule has 0 fully saturated rings. The van der Waals surface area contributed by atoms with Crippen LogP contribution in [0.3, 0.4) is 0 Å². The summed E-state index contributed by atoms with van der Waals surface area (Å²) in [6.07, 6.45) is -0.740. The summed E-state index contributed by atoms with van der Waals surface area (Å²) in [5, 5.41) is 14.8. The first kappa shape index (κ1) is 19.3. The van der Waals surface area contributed by atoms with E-state index in [0.29, 0.717) is 11.4 Å². The van der Waals surface area contributed by atoms with Crippen LogP contribution in [-0.2, 0) is 4.74 Å². The number of carboxylic acid groups (broad SMARTS) is 1. The summed E-state index contributed by atoms with van der Waals surface area (Å²) in [5.41, 5.74) is 11.1. The van der Waals surface area contributed by atoms with Crippen LogP contribution >= 0.6 is 0 Å². The standard InChI is InChI=1S/C23H21N3O4/c1-25-21-10-17(22(27)28)20(11-19(21)24)26-23(29)30-12-18-15-8-4-2-6-13(15)14-7-3-5-9-16(14)18/h2-11,18,25H,12,24H2,1H3,(H,26,29)(H,27,28). The van der Waals surface area contributed by atoms with Gasteiger partial charge in [-0.05, 0) is 34.4 Å². The third-order valence-electron chi connectivity index (χ3n) is 5.27. The lowest BCUT2D eigenvalue weighted by molar-refractivity contribution is 0.0698. The number of amides is 1. The lowest BCUT2D eigenvalue weighted by Gasteiger charge is -2.16. The molecule has 7 nitrogen and oxygen atoms in total. The summed E-state index contributed by atoms with van der Waals surface area (Å²) in [6.45, 7) is 0.131. The number of aromatic carboxylic acids is 1. The highest BCUT2D eigenvalue weighted by Gasteiger charge is 2.29. The fourth-order valence-corrected chi connectivity index (χ4v) is 3.86. The molecule has 0 spiro atoms. The van der Waals surface area contributed by atoms with E-state index in [1.807, 2.05) is 36.4 Å². The highest BCUT2D eigenvalue weighted by molar-refractivity contribution is 6.01. The minimum absolute atomic E-state index is 0.0798. The topological polar surface area (TPSA) is 114 Å². The van der Waals surface area contributed by atoms with Crippen molar-refractivity contribution in [1.29, 1.82) is 0 Å². The Bertz CT molecular complexity index is 1100. The van der Waals surface area contributed by atoms with Gasteiger partial charge in [-0.25, -0.2) is 9.59 Å². The van der Waals surface area contributed by atoms with Gasteiger partial charge in [-0.2, -0.15) is 0 Å². The molecule has 0 aromatic heterocycles. The van der Waals surface area contributed by atoms with Gasteiger partial charge in [-0.1, -0.05) is 48.5 Å². The minimum Gasteiger partial charge on any atom is -0.478 e. The molecule has 0 heterocycles. The van der Waals surface area contributed by atoms with Gasteiger partial charge in [0.05, 0.1) is 22.6 Å². The second kappa shape index (κ2) is 7.79. The van der Waals surface area contributed by atoms with Crippen LogP contribution in [0.15, 0.2) is 60.7 Å². The molecule has 0 radical (unpaired) electrons. The largest absolute Gasteiger partial charge is 0.478 e. The van der Waals surface area contributed by atoms with Crippen LogP contribution in [0.1, 0.15) is 27.4 Å². The van der Waals surface area contributed by atoms with Crippen molar-refractivity contribution in [3.8, 4) is 11.1 Å². The maximum absolute atomic E-state index is 12.5. The molecule has 0 saturated heterocycles. The Morgan fingerprint density at radius 3 is 2.17 bits per heavy atom. The Balaban J connectivity index is 1.53. The Hall–Kier alpha value is -4.00. The lowest BCUT2D eigenvalue weighted by Crippen LogP contribution is -2.19. The van der Waals surface area contributed by atoms with Gasteiger partial charge >= 0.3 is 12.1 Å². The van der Waals surface area contributed by atoms with Gasteiger partial charge in [0.25, 0.3) is 0 Å². The molecule has 152 valence electrons. The summed E-state index contributed by atoms with van der Waals surface area (Å²) >= 11 is 0. The highest BCUT2D eigenvalue weighted by atomic mass is 16.5. The van der Waals surface area contributed by atoms with Crippen LogP contribution in [0.5, 0.6) is 0 Å². The van der Waals surface area contributed by atoms with E-state index in [-0.39, 0.29) is 23.8 Å². The predicted octanol–water partition coefficient (Wildman–Crippen LogP) is 4.37. The number of nitrogen functional groups attached to an aromatic ring is 1. The van der Waals surface area contributed by atoms with E-state index in [2.05, 4.69) is 22.8 Å². The smallest absolute Gasteiger partial charge is 0.411 e. The molecule has 1 aliphatic carbocycles. The number of ether oxygens (including phenoxy) is 1. The third kappa shape index (κ3) is 3.41. The molecule has 1 amide bonds. The molecule has 1 aliphatic rings. The highest BCUT2D eigenvalue weighted by Crippen LogP contribution is 2.44. The Kier molecular flexibility index (Phi) is 5.02. The van der Waals surface area contributed by atoms with Crippen molar-refractivity contribution in [3.63, 3.8) is 0 Å². The molecule has 4 rings (SSSR count). The van der Waals surface area contributed by atoms with E-state index >= 15 is 0 Å². The molecule has 7 heteroatoms. The number of anilines is 3. The molecular weight excluding hydrogens is 382 g/mol. The summed E-state index contributed by atoms with van der Waals surface area (Å²) in [5.74, 6) is -1.26. The van der Waals surface area contributed by atoms with Crippen LogP contribution in [-0.4, -0.2) is 30.8 Å². The van der Waals surface area contributed by atoms with Gasteiger partial charge in [0.15, 0.2) is 0 Å². The van der Waals surface area contributed by atoms with Crippen molar-refractivity contribution in [2.24, 2.45) is 0 Å². The summed E-state index contributed by atoms with van der Waals surface area (Å²) < 4.78 is 5.48. The molecule has 0 aliphatic heterocycles. The van der Waals surface area contributed by atoms with Crippen molar-refractivity contribution in [2.45, 2.75) is 5.92 Å². The average Bonchev–Trinajstić information content (AvgIpc) is 3.06. The Morgan fingerprint density at radius 1 is 1.00 bits per heavy atom. The molecule has 0 unspecified atom stereocenters. The first-order valence-electron chi connectivity index (χ1n) is 9.46. The molecule has 0 saturated carbocycles. The summed E-state index contributed by atoms with van der Waals surface area (Å²) in [4.78, 5) is 24.0. The zero-order valence-corrected chi connectivity index (χ0v) is 16.3. The van der Waals surface area contributed by atoms with E-state index in [9.17, 15) is 14.7 Å². The van der Waals surface area contributed by atoms with Crippen LogP contribution in [0, 0.1) is 0 Å². The maximum Gasteiger partial charge on any atom is 0.411 e. The zero-order chi connectivity index (χ0) is 21.3. The van der Waals surface area contributed by atoms with E-state index in [1.165, 1.54) is 12.1 Å². The molecule has 3 aromatic carbocycles. The SMILES string of the molecule is CNc1cc(C(=O)O)c(NC(=O)OCC2c3ccccc3-c3ccccc32)cc1N. The van der Waals surface area contributed by atoms with E-state index in [0.717, 1.165) is 22.3 Å². The van der Waals surface area contributed by atoms with Gasteiger partial charge in [-0.15, -0.1) is 0 Å². The fourth-order valence-electron chi connectivity index (χ4n) is 3.86. The van der Waals surface area contributed by atoms with Gasteiger partial charge in [0, 0.05) is 13.0 Å². The first-order valence-corrected chi connectivity index (χ1v) is 9.46. The van der Waals surface area contributed by atoms with Crippen molar-refractivity contribution in [3.05, 3.63) is 77.4 Å². The number of nitrogens with two attached hydrogens (primary N) is 1. The van der Waals surface area contributed by atoms with Crippen molar-refractivity contribution >= 4 is 29.1 Å². The van der Waals surface area contributed by atoms with Gasteiger partial charge in [0.2, 0.25) is 0 Å². The number of carboxylic acids is 1. The molecule has 0 bridgehead atoms. The maximum atomic E-state index is 12.5. The fraction of sp³-hybridized carbons (Fsp3) is 0.130. The normalized spacial score (nSPS) is 12.0. The monoisotopic (exact) mass is 403 g/mol. The number of benzene rings is 3. The van der Waals surface area contributed by atoms with Crippen LogP contribution in [0.4, 0.5) is 21.9 Å². The number of carbonyl (C=O) groups excluding carboxylic acids is 1. The number of carbonyl (C=O) groups is 2. The third-order valence-corrected chi connectivity index (χ3v) is 5.27. The van der Waals surface area contributed by atoms with E-state index in [4.69, 9.17) is 10.5 Å². The minimum atomic E-state index is -1.18. The second-order valence-electron chi connectivity index (χ2n) is 6.99. The molecule has 5 N–H and O–H groups in total. The van der Waals surface area contributed by atoms with Crippen molar-refractivity contribution in [1.82, 2.24) is 0 Å². The number of nitrogens with one attached hydrogen (secondary N) is 2. The molecule has 0 atom stereocenters. The second-order valence-corrected chi connectivity index (χ2v) is 6.99. The molecule has 30 heavy (non-hydrogen) atoms. The van der Waals surface area contributed by atoms with Gasteiger partial charge in [-0.3, -0.25) is 5.32 Å². The predicted molar refractivity (Wildman–Crippen MR) is 116 cm³/mol. The van der Waals surface area contributed by atoms with E-state index in [1.54, 1.807) is 7.05 Å². The zero-order valence-electron chi connectivity index (χ0n) is 16.3. The van der Waals surface area contributed by atoms with Crippen LogP contribution in [0.2, 0.25) is 0 Å². The van der Waals surface area contributed by atoms with Gasteiger partial charge in [0.1, 0.15) is 6.61 Å². The van der Waals surface area contributed by atoms with E-state index < -0.39 is 12.1 Å². The summed E-state index contributed by atoms with van der Waals surface area (Å²) in [6, 6.07) is 18.8. The lowest BCUT2D eigenvalue weighted by atomic mass is 9.98. The first-order chi connectivity index (χ1) is 14.5. The number of rotatable bonds is 5. The molecular formula is C23H21N3O4. The van der Waals surface area contributed by atoms with Gasteiger partial charge < -0.3 is 20.9 Å². The van der Waals surface area contributed by atoms with Crippen LogP contribution in [0.25, 0.3) is 11.1 Å². The number of hydrogen-bond acceptors (Lipinski definition) is 5.